The third kappa shape index (κ3) is 3.98. The van der Waals surface area contributed by atoms with Gasteiger partial charge in [-0.25, -0.2) is 13.8 Å². The van der Waals surface area contributed by atoms with Crippen molar-refractivity contribution in [1.82, 2.24) is 19.9 Å². The van der Waals surface area contributed by atoms with Crippen molar-refractivity contribution in [3.8, 4) is 29.4 Å². The van der Waals surface area contributed by atoms with E-state index in [-0.39, 0.29) is 40.3 Å². The number of rotatable bonds is 3. The van der Waals surface area contributed by atoms with Crippen LogP contribution in [0.2, 0.25) is 0 Å². The van der Waals surface area contributed by atoms with Gasteiger partial charge in [0.2, 0.25) is 5.95 Å². The fraction of sp³-hybridized carbons (Fsp3) is 0.406. The molecule has 4 aliphatic rings. The lowest BCUT2D eigenvalue weighted by Crippen LogP contribution is -2.43. The highest BCUT2D eigenvalue weighted by molar-refractivity contribution is 6.03. The van der Waals surface area contributed by atoms with Crippen molar-refractivity contribution in [2.75, 3.05) is 56.1 Å². The van der Waals surface area contributed by atoms with Gasteiger partial charge in [-0.2, -0.15) is 4.98 Å². The SMILES string of the molecule is C#Cc1c(F)ccc2cc(O)cc(-c3ncc4c(N5CC6CCC(C5)O6)nc(N5C[C@H]6CN(C)C[C@H]6C5)nc4c3F)c12. The molecule has 8 nitrogen and oxygen atoms in total. The maximum Gasteiger partial charge on any atom is 0.228 e. The fourth-order valence-corrected chi connectivity index (χ4v) is 7.53. The summed E-state index contributed by atoms with van der Waals surface area (Å²) >= 11 is 0. The van der Waals surface area contributed by atoms with Gasteiger partial charge in [0, 0.05) is 56.4 Å². The number of hydrogen-bond donors (Lipinski definition) is 1. The van der Waals surface area contributed by atoms with Crippen LogP contribution in [-0.4, -0.2) is 83.5 Å². The van der Waals surface area contributed by atoms with Crippen LogP contribution in [0.3, 0.4) is 0 Å². The summed E-state index contributed by atoms with van der Waals surface area (Å²) in [5, 5.41) is 11.8. The maximum absolute atomic E-state index is 16.8. The molecule has 6 heterocycles. The van der Waals surface area contributed by atoms with Crippen molar-refractivity contribution in [1.29, 1.82) is 0 Å². The molecular weight excluding hydrogens is 538 g/mol. The minimum absolute atomic E-state index is 0.00905. The van der Waals surface area contributed by atoms with Gasteiger partial charge in [-0.1, -0.05) is 12.0 Å². The van der Waals surface area contributed by atoms with Gasteiger partial charge in [0.15, 0.2) is 5.82 Å². The van der Waals surface area contributed by atoms with E-state index in [0.717, 1.165) is 39.0 Å². The minimum atomic E-state index is -0.660. The number of halogens is 2. The summed E-state index contributed by atoms with van der Waals surface area (Å²) in [4.78, 5) is 21.1. The average molecular weight is 569 g/mol. The number of aromatic hydroxyl groups is 1. The van der Waals surface area contributed by atoms with Gasteiger partial charge in [0.05, 0.1) is 23.2 Å². The quantitative estimate of drug-likeness (QED) is 0.369. The molecule has 0 spiro atoms. The Kier molecular flexibility index (Phi) is 5.78. The van der Waals surface area contributed by atoms with Crippen LogP contribution < -0.4 is 9.80 Å². The highest BCUT2D eigenvalue weighted by atomic mass is 19.1. The van der Waals surface area contributed by atoms with Gasteiger partial charge in [-0.3, -0.25) is 4.98 Å². The van der Waals surface area contributed by atoms with Crippen LogP contribution in [0.15, 0.2) is 30.5 Å². The van der Waals surface area contributed by atoms with Gasteiger partial charge in [0.1, 0.15) is 28.6 Å². The Balaban J connectivity index is 1.32. The van der Waals surface area contributed by atoms with Crippen molar-refractivity contribution in [3.63, 3.8) is 0 Å². The molecule has 0 radical (unpaired) electrons. The van der Waals surface area contributed by atoms with E-state index in [0.29, 0.717) is 52.9 Å². The van der Waals surface area contributed by atoms with Crippen LogP contribution in [-0.2, 0) is 4.74 Å². The first-order valence-corrected chi connectivity index (χ1v) is 14.5. The number of ether oxygens (including phenoxy) is 1. The first-order chi connectivity index (χ1) is 20.4. The average Bonchev–Trinajstić information content (AvgIpc) is 3.64. The number of fused-ring (bicyclic) bond motifs is 5. The molecule has 2 aromatic carbocycles. The van der Waals surface area contributed by atoms with Crippen LogP contribution in [0.4, 0.5) is 20.5 Å². The molecular formula is C32H30F2N6O2. The number of benzene rings is 2. The summed E-state index contributed by atoms with van der Waals surface area (Å²) in [6.07, 6.45) is 9.50. The lowest BCUT2D eigenvalue weighted by molar-refractivity contribution is 0.0303. The highest BCUT2D eigenvalue weighted by Gasteiger charge is 2.41. The molecule has 0 aliphatic carbocycles. The van der Waals surface area contributed by atoms with Crippen LogP contribution in [0.1, 0.15) is 18.4 Å². The van der Waals surface area contributed by atoms with Crippen LogP contribution in [0, 0.1) is 35.8 Å². The minimum Gasteiger partial charge on any atom is -0.508 e. The second-order valence-electron chi connectivity index (χ2n) is 12.2. The number of phenolic OH excluding ortho intramolecular Hbond substituents is 1. The van der Waals surface area contributed by atoms with Crippen molar-refractivity contribution in [3.05, 3.63) is 47.7 Å². The van der Waals surface area contributed by atoms with Crippen molar-refractivity contribution < 1.29 is 18.6 Å². The molecule has 8 rings (SSSR count). The summed E-state index contributed by atoms with van der Waals surface area (Å²) < 4.78 is 37.6. The van der Waals surface area contributed by atoms with Crippen molar-refractivity contribution in [2.24, 2.45) is 11.8 Å². The van der Waals surface area contributed by atoms with Gasteiger partial charge >= 0.3 is 0 Å². The number of terminal acetylenes is 1. The molecule has 4 fully saturated rings. The first-order valence-electron chi connectivity index (χ1n) is 14.5. The van der Waals surface area contributed by atoms with E-state index in [1.807, 2.05) is 0 Å². The summed E-state index contributed by atoms with van der Waals surface area (Å²) in [7, 11) is 2.15. The maximum atomic E-state index is 16.8. The smallest absolute Gasteiger partial charge is 0.228 e. The second-order valence-corrected chi connectivity index (χ2v) is 12.2. The predicted octanol–water partition coefficient (Wildman–Crippen LogP) is 4.18. The molecule has 2 aromatic heterocycles. The summed E-state index contributed by atoms with van der Waals surface area (Å²) in [6.45, 7) is 5.02. The number of anilines is 2. The number of morpholine rings is 1. The van der Waals surface area contributed by atoms with Crippen molar-refractivity contribution >= 4 is 33.4 Å². The van der Waals surface area contributed by atoms with E-state index in [2.05, 4.69) is 32.7 Å². The van der Waals surface area contributed by atoms with Crippen molar-refractivity contribution in [2.45, 2.75) is 25.0 Å². The predicted molar refractivity (Wildman–Crippen MR) is 157 cm³/mol. The lowest BCUT2D eigenvalue weighted by atomic mass is 9.96. The summed E-state index contributed by atoms with van der Waals surface area (Å²) in [5.74, 6) is 3.23. The topological polar surface area (TPSA) is 77.9 Å². The standard InChI is InChI=1S/C32H30F2N6O2/c1-3-23-26(33)7-4-17-8-20(41)9-24(27(17)23)29-28(34)30-25(10-35-29)31(39-15-21-5-6-22(16-39)42-21)37-32(36-30)40-13-18-11-38(2)12-19(18)14-40/h1,4,7-10,18-19,21-22,41H,5-6,11-16H2,2H3/t18-,19+,21?,22?. The Hall–Kier alpha value is -4.07. The molecule has 4 atom stereocenters. The lowest BCUT2D eigenvalue weighted by Gasteiger charge is -2.34. The number of pyridine rings is 1. The summed E-state index contributed by atoms with van der Waals surface area (Å²) in [5.41, 5.74) is 0.290. The molecule has 2 bridgehead atoms. The molecule has 4 saturated heterocycles. The first kappa shape index (κ1) is 25.6. The molecule has 0 amide bonds. The number of hydrogen-bond acceptors (Lipinski definition) is 8. The molecule has 4 aromatic rings. The molecule has 4 aliphatic heterocycles. The molecule has 214 valence electrons. The Labute approximate surface area is 241 Å². The van der Waals surface area contributed by atoms with E-state index in [9.17, 15) is 9.50 Å². The molecule has 2 unspecified atom stereocenters. The normalized spacial score (nSPS) is 25.5. The third-order valence-electron chi connectivity index (χ3n) is 9.40. The van der Waals surface area contributed by atoms with Gasteiger partial charge in [-0.05, 0) is 55.3 Å². The molecule has 0 saturated carbocycles. The zero-order valence-electron chi connectivity index (χ0n) is 23.2. The Bertz CT molecular complexity index is 1780. The van der Waals surface area contributed by atoms with E-state index in [1.165, 1.54) is 24.3 Å². The van der Waals surface area contributed by atoms with E-state index in [4.69, 9.17) is 21.1 Å². The number of phenols is 1. The van der Waals surface area contributed by atoms with Gasteiger partial charge in [0.25, 0.3) is 0 Å². The van der Waals surface area contributed by atoms with E-state index < -0.39 is 11.6 Å². The number of likely N-dealkylation sites (tertiary alicyclic amines) is 1. The largest absolute Gasteiger partial charge is 0.508 e. The van der Waals surface area contributed by atoms with E-state index in [1.54, 1.807) is 6.20 Å². The second kappa shape index (κ2) is 9.48. The summed E-state index contributed by atoms with van der Waals surface area (Å²) in [6, 6.07) is 5.61. The zero-order valence-corrected chi connectivity index (χ0v) is 23.2. The van der Waals surface area contributed by atoms with Crippen LogP contribution >= 0.6 is 0 Å². The molecule has 1 N–H and O–H groups in total. The Morgan fingerprint density at radius 3 is 2.43 bits per heavy atom. The van der Waals surface area contributed by atoms with Crippen LogP contribution in [0.5, 0.6) is 5.75 Å². The van der Waals surface area contributed by atoms with Gasteiger partial charge in [-0.15, -0.1) is 6.42 Å². The monoisotopic (exact) mass is 568 g/mol. The molecule has 10 heteroatoms. The zero-order chi connectivity index (χ0) is 28.7. The third-order valence-corrected chi connectivity index (χ3v) is 9.40. The Morgan fingerprint density at radius 2 is 1.71 bits per heavy atom. The highest BCUT2D eigenvalue weighted by Crippen LogP contribution is 2.40. The molecule has 42 heavy (non-hydrogen) atoms. The Morgan fingerprint density at radius 1 is 0.976 bits per heavy atom. The van der Waals surface area contributed by atoms with E-state index >= 15 is 4.39 Å². The van der Waals surface area contributed by atoms with Crippen LogP contribution in [0.25, 0.3) is 32.9 Å². The van der Waals surface area contributed by atoms with Gasteiger partial charge < -0.3 is 24.5 Å². The number of aromatic nitrogens is 3. The fourth-order valence-electron chi connectivity index (χ4n) is 7.53. The number of nitrogens with zero attached hydrogens (tertiary/aromatic N) is 6.